The fraction of sp³-hybridized carbons (Fsp3) is 0.222. The molecule has 0 atom stereocenters. The van der Waals surface area contributed by atoms with Gasteiger partial charge in [0.05, 0.1) is 6.61 Å². The van der Waals surface area contributed by atoms with E-state index in [0.717, 1.165) is 28.0 Å². The van der Waals surface area contributed by atoms with Gasteiger partial charge in [0, 0.05) is 5.56 Å². The van der Waals surface area contributed by atoms with Crippen LogP contribution in [0, 0.1) is 25.7 Å². The SMILES string of the molecule is Cc1cc(CO)cc(C)c1OCC#Cc1ccccc1. The Kier molecular flexibility index (Phi) is 4.81. The molecule has 0 saturated carbocycles. The molecule has 2 aromatic rings. The van der Waals surface area contributed by atoms with Gasteiger partial charge in [-0.15, -0.1) is 0 Å². The molecule has 0 aliphatic carbocycles. The van der Waals surface area contributed by atoms with Gasteiger partial charge < -0.3 is 9.84 Å². The van der Waals surface area contributed by atoms with Crippen LogP contribution in [-0.4, -0.2) is 11.7 Å². The molecule has 0 unspecified atom stereocenters. The molecule has 0 aliphatic rings. The zero-order valence-electron chi connectivity index (χ0n) is 11.8. The summed E-state index contributed by atoms with van der Waals surface area (Å²) in [5.74, 6) is 6.92. The first kappa shape index (κ1) is 14.2. The summed E-state index contributed by atoms with van der Waals surface area (Å²) in [4.78, 5) is 0. The Morgan fingerprint density at radius 3 is 2.30 bits per heavy atom. The Morgan fingerprint density at radius 2 is 1.70 bits per heavy atom. The van der Waals surface area contributed by atoms with E-state index in [9.17, 15) is 0 Å². The lowest BCUT2D eigenvalue weighted by molar-refractivity contribution is 0.281. The smallest absolute Gasteiger partial charge is 0.149 e. The van der Waals surface area contributed by atoms with Crippen LogP contribution in [0.3, 0.4) is 0 Å². The lowest BCUT2D eigenvalue weighted by atomic mass is 10.1. The van der Waals surface area contributed by atoms with E-state index in [2.05, 4.69) is 11.8 Å². The van der Waals surface area contributed by atoms with Crippen LogP contribution in [0.5, 0.6) is 5.75 Å². The van der Waals surface area contributed by atoms with Crippen molar-refractivity contribution >= 4 is 0 Å². The molecule has 2 heteroatoms. The molecule has 0 bridgehead atoms. The summed E-state index contributed by atoms with van der Waals surface area (Å²) >= 11 is 0. The Hall–Kier alpha value is -2.24. The number of aliphatic hydroxyl groups is 1. The summed E-state index contributed by atoms with van der Waals surface area (Å²) in [5.41, 5.74) is 3.94. The second kappa shape index (κ2) is 6.79. The van der Waals surface area contributed by atoms with Gasteiger partial charge in [-0.05, 0) is 42.7 Å². The van der Waals surface area contributed by atoms with Gasteiger partial charge in [0.15, 0.2) is 0 Å². The molecule has 0 radical (unpaired) electrons. The summed E-state index contributed by atoms with van der Waals surface area (Å²) in [7, 11) is 0. The number of aliphatic hydroxyl groups excluding tert-OH is 1. The maximum atomic E-state index is 9.15. The number of hydrogen-bond acceptors (Lipinski definition) is 2. The highest BCUT2D eigenvalue weighted by Crippen LogP contribution is 2.24. The Bertz CT molecular complexity index is 610. The van der Waals surface area contributed by atoms with Gasteiger partial charge in [-0.25, -0.2) is 0 Å². The van der Waals surface area contributed by atoms with Crippen molar-refractivity contribution in [3.63, 3.8) is 0 Å². The summed E-state index contributed by atoms with van der Waals surface area (Å²) in [6.07, 6.45) is 0. The highest BCUT2D eigenvalue weighted by Gasteiger charge is 2.05. The van der Waals surface area contributed by atoms with E-state index in [0.29, 0.717) is 6.61 Å². The number of rotatable bonds is 3. The molecule has 2 rings (SSSR count). The molecule has 0 aliphatic heterocycles. The first-order valence-corrected chi connectivity index (χ1v) is 6.58. The third kappa shape index (κ3) is 3.63. The van der Waals surface area contributed by atoms with Crippen LogP contribution in [0.1, 0.15) is 22.3 Å². The van der Waals surface area contributed by atoms with Crippen molar-refractivity contribution < 1.29 is 9.84 Å². The number of hydrogen-bond donors (Lipinski definition) is 1. The Balaban J connectivity index is 2.03. The van der Waals surface area contributed by atoms with Gasteiger partial charge in [0.2, 0.25) is 0 Å². The van der Waals surface area contributed by atoms with Crippen LogP contribution in [0.4, 0.5) is 0 Å². The molecular formula is C18H18O2. The molecule has 0 amide bonds. The maximum Gasteiger partial charge on any atom is 0.149 e. The van der Waals surface area contributed by atoms with Crippen LogP contribution >= 0.6 is 0 Å². The summed E-state index contributed by atoms with van der Waals surface area (Å²) in [6, 6.07) is 13.7. The molecular weight excluding hydrogens is 248 g/mol. The monoisotopic (exact) mass is 266 g/mol. The van der Waals surface area contributed by atoms with Crippen molar-refractivity contribution in [2.45, 2.75) is 20.5 Å². The van der Waals surface area contributed by atoms with E-state index in [4.69, 9.17) is 9.84 Å². The van der Waals surface area contributed by atoms with Crippen LogP contribution in [-0.2, 0) is 6.61 Å². The molecule has 20 heavy (non-hydrogen) atoms. The predicted octanol–water partition coefficient (Wildman–Crippen LogP) is 3.23. The van der Waals surface area contributed by atoms with Crippen LogP contribution in [0.2, 0.25) is 0 Å². The second-order valence-corrected chi connectivity index (χ2v) is 4.67. The summed E-state index contributed by atoms with van der Waals surface area (Å²) in [6.45, 7) is 4.36. The lowest BCUT2D eigenvalue weighted by Crippen LogP contribution is -2.00. The van der Waals surface area contributed by atoms with Gasteiger partial charge in [-0.1, -0.05) is 42.2 Å². The van der Waals surface area contributed by atoms with E-state index >= 15 is 0 Å². The molecule has 0 aromatic heterocycles. The zero-order valence-corrected chi connectivity index (χ0v) is 11.8. The highest BCUT2D eigenvalue weighted by atomic mass is 16.5. The lowest BCUT2D eigenvalue weighted by Gasteiger charge is -2.11. The van der Waals surface area contributed by atoms with E-state index in [-0.39, 0.29) is 6.61 Å². The van der Waals surface area contributed by atoms with E-state index in [1.165, 1.54) is 0 Å². The van der Waals surface area contributed by atoms with E-state index in [1.807, 2.05) is 56.3 Å². The average Bonchev–Trinajstić information content (AvgIpc) is 2.46. The molecule has 0 heterocycles. The topological polar surface area (TPSA) is 29.5 Å². The van der Waals surface area contributed by atoms with Crippen molar-refractivity contribution in [2.24, 2.45) is 0 Å². The van der Waals surface area contributed by atoms with Crippen LogP contribution in [0.15, 0.2) is 42.5 Å². The number of ether oxygens (including phenoxy) is 1. The minimum Gasteiger partial charge on any atom is -0.480 e. The molecule has 0 fully saturated rings. The normalized spacial score (nSPS) is 9.75. The van der Waals surface area contributed by atoms with E-state index in [1.54, 1.807) is 0 Å². The van der Waals surface area contributed by atoms with Crippen molar-refractivity contribution in [1.82, 2.24) is 0 Å². The Labute approximate surface area is 120 Å². The fourth-order valence-electron chi connectivity index (χ4n) is 2.13. The van der Waals surface area contributed by atoms with Crippen molar-refractivity contribution in [2.75, 3.05) is 6.61 Å². The highest BCUT2D eigenvalue weighted by molar-refractivity contribution is 5.43. The minimum atomic E-state index is 0.0514. The quantitative estimate of drug-likeness (QED) is 0.864. The standard InChI is InChI=1S/C18H18O2/c1-14-11-17(13-19)12-15(2)18(14)20-10-6-9-16-7-4-3-5-8-16/h3-5,7-8,11-12,19H,10,13H2,1-2H3. The van der Waals surface area contributed by atoms with Gasteiger partial charge in [-0.2, -0.15) is 0 Å². The molecule has 0 spiro atoms. The Morgan fingerprint density at radius 1 is 1.05 bits per heavy atom. The van der Waals surface area contributed by atoms with Gasteiger partial charge >= 0.3 is 0 Å². The molecule has 2 nitrogen and oxygen atoms in total. The van der Waals surface area contributed by atoms with Gasteiger partial charge in [-0.3, -0.25) is 0 Å². The molecule has 102 valence electrons. The van der Waals surface area contributed by atoms with Gasteiger partial charge in [0.25, 0.3) is 0 Å². The van der Waals surface area contributed by atoms with Crippen molar-refractivity contribution in [3.05, 3.63) is 64.7 Å². The molecule has 0 saturated heterocycles. The van der Waals surface area contributed by atoms with Crippen LogP contribution < -0.4 is 4.74 Å². The molecule has 1 N–H and O–H groups in total. The average molecular weight is 266 g/mol. The molecule has 2 aromatic carbocycles. The third-order valence-electron chi connectivity index (χ3n) is 3.00. The van der Waals surface area contributed by atoms with Crippen LogP contribution in [0.25, 0.3) is 0 Å². The first-order valence-electron chi connectivity index (χ1n) is 6.58. The minimum absolute atomic E-state index is 0.0514. The predicted molar refractivity (Wildman–Crippen MR) is 80.7 cm³/mol. The van der Waals surface area contributed by atoms with Crippen molar-refractivity contribution in [3.8, 4) is 17.6 Å². The zero-order chi connectivity index (χ0) is 14.4. The van der Waals surface area contributed by atoms with Gasteiger partial charge in [0.1, 0.15) is 12.4 Å². The second-order valence-electron chi connectivity index (χ2n) is 4.67. The van der Waals surface area contributed by atoms with E-state index < -0.39 is 0 Å². The fourth-order valence-corrected chi connectivity index (χ4v) is 2.13. The number of aryl methyl sites for hydroxylation is 2. The summed E-state index contributed by atoms with van der Waals surface area (Å²) in [5, 5.41) is 9.15. The third-order valence-corrected chi connectivity index (χ3v) is 3.00. The van der Waals surface area contributed by atoms with Crippen molar-refractivity contribution in [1.29, 1.82) is 0 Å². The summed E-state index contributed by atoms with van der Waals surface area (Å²) < 4.78 is 5.73. The largest absolute Gasteiger partial charge is 0.480 e. The first-order chi connectivity index (χ1) is 9.70. The maximum absolute atomic E-state index is 9.15. The number of benzene rings is 2.